The van der Waals surface area contributed by atoms with Crippen molar-refractivity contribution in [3.8, 4) is 0 Å². The van der Waals surface area contributed by atoms with Crippen LogP contribution < -0.4 is 0 Å². The highest BCUT2D eigenvalue weighted by Crippen LogP contribution is 2.60. The summed E-state index contributed by atoms with van der Waals surface area (Å²) in [6, 6.07) is 6.36. The van der Waals surface area contributed by atoms with Crippen LogP contribution in [0.5, 0.6) is 0 Å². The highest BCUT2D eigenvalue weighted by molar-refractivity contribution is 6.19. The molecule has 0 N–H and O–H groups in total. The van der Waals surface area contributed by atoms with Gasteiger partial charge in [0.1, 0.15) is 5.60 Å². The number of amides is 3. The first-order chi connectivity index (χ1) is 11.7. The molecular weight excluding hydrogens is 318 g/mol. The van der Waals surface area contributed by atoms with Gasteiger partial charge in [-0.25, -0.2) is 4.79 Å². The zero-order valence-corrected chi connectivity index (χ0v) is 15.0. The van der Waals surface area contributed by atoms with Gasteiger partial charge in [-0.15, -0.1) is 0 Å². The Hall–Kier alpha value is -2.17. The third kappa shape index (κ3) is 2.66. The molecule has 0 radical (unpaired) electrons. The molecule has 0 bridgehead atoms. The number of likely N-dealkylation sites (tertiary alicyclic amines) is 1. The van der Waals surface area contributed by atoms with Gasteiger partial charge in [0, 0.05) is 5.92 Å². The topological polar surface area (TPSA) is 63.7 Å². The summed E-state index contributed by atoms with van der Waals surface area (Å²) in [7, 11) is 0. The zero-order valence-electron chi connectivity index (χ0n) is 15.0. The molecule has 3 fully saturated rings. The third-order valence-corrected chi connectivity index (χ3v) is 5.31. The van der Waals surface area contributed by atoms with E-state index in [-0.39, 0.29) is 5.92 Å². The number of hydrogen-bond donors (Lipinski definition) is 0. The Morgan fingerprint density at radius 1 is 1.08 bits per heavy atom. The van der Waals surface area contributed by atoms with Crippen LogP contribution in [-0.2, 0) is 14.3 Å². The van der Waals surface area contributed by atoms with E-state index in [9.17, 15) is 14.4 Å². The fraction of sp³-hybridized carbons (Fsp3) is 0.550. The summed E-state index contributed by atoms with van der Waals surface area (Å²) in [5.74, 6) is -1.07. The van der Waals surface area contributed by atoms with Gasteiger partial charge in [-0.2, -0.15) is 4.90 Å². The monoisotopic (exact) mass is 341 g/mol. The predicted molar refractivity (Wildman–Crippen MR) is 91.0 cm³/mol. The highest BCUT2D eigenvalue weighted by atomic mass is 16.6. The molecule has 3 aliphatic rings. The number of ether oxygens (including phenoxy) is 1. The van der Waals surface area contributed by atoms with Gasteiger partial charge >= 0.3 is 6.09 Å². The molecule has 0 spiro atoms. The number of piperidine rings is 1. The van der Waals surface area contributed by atoms with Crippen LogP contribution in [0.15, 0.2) is 18.2 Å². The average Bonchev–Trinajstić information content (AvgIpc) is 3.38. The van der Waals surface area contributed by atoms with Crippen molar-refractivity contribution in [3.05, 3.63) is 34.9 Å². The van der Waals surface area contributed by atoms with E-state index in [1.807, 2.05) is 6.92 Å². The van der Waals surface area contributed by atoms with Crippen molar-refractivity contribution in [2.24, 2.45) is 11.8 Å². The summed E-state index contributed by atoms with van der Waals surface area (Å²) in [6.07, 6.45) is 1.64. The van der Waals surface area contributed by atoms with Gasteiger partial charge in [0.05, 0.1) is 11.8 Å². The van der Waals surface area contributed by atoms with Gasteiger partial charge in [-0.3, -0.25) is 9.59 Å². The molecule has 2 aliphatic carbocycles. The Balaban J connectivity index is 1.52. The minimum atomic E-state index is -0.853. The Morgan fingerprint density at radius 3 is 2.16 bits per heavy atom. The number of imide groups is 3. The van der Waals surface area contributed by atoms with Crippen LogP contribution in [0.3, 0.4) is 0 Å². The Kier molecular flexibility index (Phi) is 3.37. The molecule has 5 nitrogen and oxygen atoms in total. The van der Waals surface area contributed by atoms with E-state index < -0.39 is 35.3 Å². The van der Waals surface area contributed by atoms with Crippen molar-refractivity contribution in [2.75, 3.05) is 0 Å². The SMILES string of the molecule is Cc1cc(C2CC2)ccc1[C@@H]1[C@@H]2C(=O)N(C(=O)OC(C)(C)C)C(=O)[C@@H]21. The summed E-state index contributed by atoms with van der Waals surface area (Å²) in [4.78, 5) is 38.0. The first-order valence-electron chi connectivity index (χ1n) is 8.90. The normalized spacial score (nSPS) is 28.2. The Labute approximate surface area is 147 Å². The molecule has 0 aromatic heterocycles. The minimum Gasteiger partial charge on any atom is -0.443 e. The van der Waals surface area contributed by atoms with E-state index in [4.69, 9.17) is 4.74 Å². The molecule has 4 rings (SSSR count). The number of benzene rings is 1. The molecule has 3 amide bonds. The number of rotatable bonds is 2. The first-order valence-corrected chi connectivity index (χ1v) is 8.90. The number of nitrogens with zero attached hydrogens (tertiary/aromatic N) is 1. The van der Waals surface area contributed by atoms with Gasteiger partial charge in [0.25, 0.3) is 0 Å². The number of fused-ring (bicyclic) bond motifs is 1. The molecular formula is C20H23NO4. The lowest BCUT2D eigenvalue weighted by molar-refractivity contribution is -0.140. The molecule has 25 heavy (non-hydrogen) atoms. The molecule has 3 atom stereocenters. The van der Waals surface area contributed by atoms with Crippen LogP contribution in [0.25, 0.3) is 0 Å². The highest BCUT2D eigenvalue weighted by Gasteiger charge is 2.69. The minimum absolute atomic E-state index is 0.0908. The fourth-order valence-corrected chi connectivity index (χ4v) is 3.95. The van der Waals surface area contributed by atoms with Crippen LogP contribution in [-0.4, -0.2) is 28.4 Å². The van der Waals surface area contributed by atoms with Crippen molar-refractivity contribution in [2.45, 2.75) is 58.0 Å². The van der Waals surface area contributed by atoms with Crippen molar-refractivity contribution in [1.82, 2.24) is 4.90 Å². The number of carbonyl (C=O) groups excluding carboxylic acids is 3. The van der Waals surface area contributed by atoms with E-state index in [1.165, 1.54) is 18.4 Å². The lowest BCUT2D eigenvalue weighted by Gasteiger charge is -2.24. The quantitative estimate of drug-likeness (QED) is 0.772. The second-order valence-corrected chi connectivity index (χ2v) is 8.46. The van der Waals surface area contributed by atoms with Crippen molar-refractivity contribution < 1.29 is 19.1 Å². The van der Waals surface area contributed by atoms with E-state index >= 15 is 0 Å². The standard InChI is InChI=1S/C20H23NO4/c1-10-9-12(11-5-6-11)7-8-13(10)14-15-16(14)18(23)21(17(15)22)19(24)25-20(2,3)4/h7-9,11,14-16H,5-6H2,1-4H3/t14-,15+,16-. The summed E-state index contributed by atoms with van der Waals surface area (Å²) in [5.41, 5.74) is 2.80. The summed E-state index contributed by atoms with van der Waals surface area (Å²) < 4.78 is 5.19. The van der Waals surface area contributed by atoms with E-state index in [1.54, 1.807) is 20.8 Å². The van der Waals surface area contributed by atoms with Crippen LogP contribution in [0.4, 0.5) is 4.79 Å². The second-order valence-electron chi connectivity index (χ2n) is 8.46. The van der Waals surface area contributed by atoms with E-state index in [0.29, 0.717) is 10.8 Å². The smallest absolute Gasteiger partial charge is 0.424 e. The summed E-state index contributed by atoms with van der Waals surface area (Å²) in [5, 5.41) is 0. The molecule has 5 heteroatoms. The molecule has 132 valence electrons. The van der Waals surface area contributed by atoms with Crippen molar-refractivity contribution in [1.29, 1.82) is 0 Å². The first kappa shape index (κ1) is 16.3. The number of carbonyl (C=O) groups is 3. The van der Waals surface area contributed by atoms with Gasteiger partial charge < -0.3 is 4.74 Å². The fourth-order valence-electron chi connectivity index (χ4n) is 3.95. The Morgan fingerprint density at radius 2 is 1.68 bits per heavy atom. The number of aryl methyl sites for hydroxylation is 1. The van der Waals surface area contributed by atoms with Crippen LogP contribution in [0.2, 0.25) is 0 Å². The van der Waals surface area contributed by atoms with Gasteiger partial charge in [0.15, 0.2) is 0 Å². The van der Waals surface area contributed by atoms with Gasteiger partial charge in [-0.1, -0.05) is 18.2 Å². The van der Waals surface area contributed by atoms with Gasteiger partial charge in [-0.05, 0) is 63.1 Å². The second kappa shape index (κ2) is 5.16. The maximum Gasteiger partial charge on any atom is 0.424 e. The lowest BCUT2D eigenvalue weighted by atomic mass is 9.97. The van der Waals surface area contributed by atoms with Crippen molar-refractivity contribution >= 4 is 17.9 Å². The third-order valence-electron chi connectivity index (χ3n) is 5.31. The lowest BCUT2D eigenvalue weighted by Crippen LogP contribution is -2.42. The maximum atomic E-state index is 12.6. The summed E-state index contributed by atoms with van der Waals surface area (Å²) in [6.45, 7) is 7.18. The van der Waals surface area contributed by atoms with Crippen LogP contribution in [0.1, 0.15) is 62.1 Å². The molecule has 1 saturated heterocycles. The molecule has 1 aliphatic heterocycles. The average molecular weight is 341 g/mol. The summed E-state index contributed by atoms with van der Waals surface area (Å²) >= 11 is 0. The predicted octanol–water partition coefficient (Wildman–Crippen LogP) is 3.51. The van der Waals surface area contributed by atoms with Gasteiger partial charge in [0.2, 0.25) is 11.8 Å². The van der Waals surface area contributed by atoms with Crippen LogP contribution in [0, 0.1) is 18.8 Å². The van der Waals surface area contributed by atoms with E-state index in [0.717, 1.165) is 11.1 Å². The molecule has 1 aromatic carbocycles. The number of hydrogen-bond acceptors (Lipinski definition) is 4. The van der Waals surface area contributed by atoms with E-state index in [2.05, 4.69) is 18.2 Å². The maximum absolute atomic E-state index is 12.6. The Bertz CT molecular complexity index is 765. The largest absolute Gasteiger partial charge is 0.443 e. The zero-order chi connectivity index (χ0) is 18.1. The molecule has 0 unspecified atom stereocenters. The molecule has 1 heterocycles. The molecule has 2 saturated carbocycles. The van der Waals surface area contributed by atoms with Crippen molar-refractivity contribution in [3.63, 3.8) is 0 Å². The van der Waals surface area contributed by atoms with Crippen LogP contribution >= 0.6 is 0 Å². The molecule has 1 aromatic rings.